The minimum atomic E-state index is -4.41. The van der Waals surface area contributed by atoms with E-state index >= 15 is 0 Å². The molecule has 4 rings (SSSR count). The standard InChI is InChI=1S/C27H37F3N4O2Si/c1-18-20(9-8-10-21(18)27(28,29)30)17-22-25(19(2)36-37(6,7)26(3,4)5)31-23-11-12-24(32-34(22)23)33-13-15-35-16-14-33/h8-12,19H,13-17H2,1-7H3. The van der Waals surface area contributed by atoms with E-state index in [4.69, 9.17) is 19.2 Å². The summed E-state index contributed by atoms with van der Waals surface area (Å²) < 4.78 is 54.9. The molecule has 1 aliphatic rings. The number of anilines is 1. The number of fused-ring (bicyclic) bond motifs is 1. The molecule has 0 spiro atoms. The normalized spacial score (nSPS) is 16.4. The van der Waals surface area contributed by atoms with E-state index in [1.165, 1.54) is 13.0 Å². The van der Waals surface area contributed by atoms with Crippen LogP contribution in [0.3, 0.4) is 0 Å². The third-order valence-electron chi connectivity index (χ3n) is 7.69. The summed E-state index contributed by atoms with van der Waals surface area (Å²) in [6.07, 6.45) is -4.49. The van der Waals surface area contributed by atoms with Gasteiger partial charge in [-0.05, 0) is 61.3 Å². The van der Waals surface area contributed by atoms with Crippen LogP contribution in [-0.2, 0) is 21.8 Å². The summed E-state index contributed by atoms with van der Waals surface area (Å²) >= 11 is 0. The van der Waals surface area contributed by atoms with Crippen LogP contribution in [0.4, 0.5) is 19.0 Å². The molecule has 202 valence electrons. The molecule has 0 N–H and O–H groups in total. The second kappa shape index (κ2) is 10.0. The number of hydrogen-bond acceptors (Lipinski definition) is 5. The largest absolute Gasteiger partial charge is 0.416 e. The molecule has 1 fully saturated rings. The summed E-state index contributed by atoms with van der Waals surface area (Å²) in [5.74, 6) is 0.791. The Labute approximate surface area is 217 Å². The summed E-state index contributed by atoms with van der Waals surface area (Å²) in [6.45, 7) is 17.1. The molecule has 0 bridgehead atoms. The fourth-order valence-electron chi connectivity index (χ4n) is 4.48. The summed E-state index contributed by atoms with van der Waals surface area (Å²) in [5.41, 5.74) is 2.31. The third-order valence-corrected chi connectivity index (χ3v) is 12.2. The van der Waals surface area contributed by atoms with Gasteiger partial charge in [0.25, 0.3) is 0 Å². The highest BCUT2D eigenvalue weighted by Gasteiger charge is 2.40. The molecule has 1 saturated heterocycles. The van der Waals surface area contributed by atoms with E-state index in [0.717, 1.165) is 30.7 Å². The Balaban J connectivity index is 1.82. The molecular formula is C27H37F3N4O2Si. The van der Waals surface area contributed by atoms with E-state index in [1.54, 1.807) is 10.6 Å². The van der Waals surface area contributed by atoms with Crippen LogP contribution in [0.5, 0.6) is 0 Å². The maximum atomic E-state index is 13.7. The molecule has 0 aliphatic carbocycles. The number of imidazole rings is 1. The topological polar surface area (TPSA) is 51.9 Å². The van der Waals surface area contributed by atoms with Gasteiger partial charge in [-0.1, -0.05) is 32.9 Å². The van der Waals surface area contributed by atoms with Crippen molar-refractivity contribution in [3.63, 3.8) is 0 Å². The van der Waals surface area contributed by atoms with Gasteiger partial charge in [-0.3, -0.25) is 0 Å². The van der Waals surface area contributed by atoms with Gasteiger partial charge in [0, 0.05) is 19.5 Å². The smallest absolute Gasteiger partial charge is 0.409 e. The monoisotopic (exact) mass is 534 g/mol. The SMILES string of the molecule is Cc1c(Cc2c(C(C)O[Si](C)(C)C(C)(C)C)nc3ccc(N4CCOCC4)nn23)cccc1C(F)(F)F. The summed E-state index contributed by atoms with van der Waals surface area (Å²) in [4.78, 5) is 7.04. The summed E-state index contributed by atoms with van der Waals surface area (Å²) in [7, 11) is -2.14. The van der Waals surface area contributed by atoms with Crippen LogP contribution < -0.4 is 4.90 Å². The molecule has 1 aliphatic heterocycles. The highest BCUT2D eigenvalue weighted by molar-refractivity contribution is 6.74. The lowest BCUT2D eigenvalue weighted by Crippen LogP contribution is -2.41. The molecule has 37 heavy (non-hydrogen) atoms. The molecule has 0 amide bonds. The number of benzene rings is 1. The lowest BCUT2D eigenvalue weighted by atomic mass is 9.97. The zero-order valence-corrected chi connectivity index (χ0v) is 23.7. The summed E-state index contributed by atoms with van der Waals surface area (Å²) in [5, 5.41) is 4.90. The number of hydrogen-bond donors (Lipinski definition) is 0. The molecular weight excluding hydrogens is 497 g/mol. The first-order valence-corrected chi connectivity index (χ1v) is 15.6. The molecule has 10 heteroatoms. The Bertz CT molecular complexity index is 1260. The second-order valence-electron chi connectivity index (χ2n) is 11.3. The number of aromatic nitrogens is 3. The van der Waals surface area contributed by atoms with Gasteiger partial charge in [-0.25, -0.2) is 9.50 Å². The number of rotatable bonds is 6. The molecule has 6 nitrogen and oxygen atoms in total. The lowest BCUT2D eigenvalue weighted by Gasteiger charge is -2.38. The fourth-order valence-corrected chi connectivity index (χ4v) is 5.82. The molecule has 0 radical (unpaired) electrons. The first-order valence-electron chi connectivity index (χ1n) is 12.7. The Hall–Kier alpha value is -2.43. The Kier molecular flexibility index (Phi) is 7.48. The molecule has 2 aromatic heterocycles. The van der Waals surface area contributed by atoms with E-state index in [2.05, 4.69) is 38.8 Å². The van der Waals surface area contributed by atoms with Crippen molar-refractivity contribution in [1.82, 2.24) is 14.6 Å². The predicted octanol–water partition coefficient (Wildman–Crippen LogP) is 6.57. The minimum Gasteiger partial charge on any atom is -0.409 e. The average molecular weight is 535 g/mol. The lowest BCUT2D eigenvalue weighted by molar-refractivity contribution is -0.138. The van der Waals surface area contributed by atoms with E-state index in [1.807, 2.05) is 19.1 Å². The first kappa shape index (κ1) is 27.6. The number of morpholine rings is 1. The summed E-state index contributed by atoms with van der Waals surface area (Å²) in [6, 6.07) is 8.21. The molecule has 1 atom stereocenters. The highest BCUT2D eigenvalue weighted by atomic mass is 28.4. The molecule has 1 aromatic carbocycles. The van der Waals surface area contributed by atoms with E-state index < -0.39 is 20.1 Å². The zero-order chi connectivity index (χ0) is 27.2. The van der Waals surface area contributed by atoms with Gasteiger partial charge in [0.2, 0.25) is 0 Å². The van der Waals surface area contributed by atoms with Crippen molar-refractivity contribution in [2.75, 3.05) is 31.2 Å². The fraction of sp³-hybridized carbons (Fsp3) is 0.556. The van der Waals surface area contributed by atoms with Crippen LogP contribution >= 0.6 is 0 Å². The van der Waals surface area contributed by atoms with Crippen LogP contribution in [-0.4, -0.2) is 49.2 Å². The van der Waals surface area contributed by atoms with Crippen molar-refractivity contribution in [2.45, 2.75) is 71.5 Å². The van der Waals surface area contributed by atoms with Gasteiger partial charge in [-0.15, -0.1) is 5.10 Å². The average Bonchev–Trinajstić information content (AvgIpc) is 3.17. The highest BCUT2D eigenvalue weighted by Crippen LogP contribution is 2.40. The number of alkyl halides is 3. The van der Waals surface area contributed by atoms with E-state index in [9.17, 15) is 13.2 Å². The van der Waals surface area contributed by atoms with Crippen molar-refractivity contribution in [3.05, 3.63) is 58.4 Å². The van der Waals surface area contributed by atoms with Crippen LogP contribution in [0, 0.1) is 6.92 Å². The van der Waals surface area contributed by atoms with Crippen LogP contribution in [0.2, 0.25) is 18.1 Å². The van der Waals surface area contributed by atoms with Crippen molar-refractivity contribution in [1.29, 1.82) is 0 Å². The van der Waals surface area contributed by atoms with Gasteiger partial charge in [0.05, 0.1) is 36.3 Å². The van der Waals surface area contributed by atoms with Gasteiger partial charge in [0.15, 0.2) is 14.0 Å². The maximum absolute atomic E-state index is 13.7. The minimum absolute atomic E-state index is 0.0000371. The van der Waals surface area contributed by atoms with Gasteiger partial charge in [0.1, 0.15) is 5.82 Å². The Morgan fingerprint density at radius 1 is 1.08 bits per heavy atom. The third kappa shape index (κ3) is 5.71. The van der Waals surface area contributed by atoms with Crippen molar-refractivity contribution in [2.24, 2.45) is 0 Å². The van der Waals surface area contributed by atoms with Crippen molar-refractivity contribution >= 4 is 19.8 Å². The van der Waals surface area contributed by atoms with Crippen molar-refractivity contribution in [3.8, 4) is 0 Å². The van der Waals surface area contributed by atoms with Crippen LogP contribution in [0.15, 0.2) is 30.3 Å². The zero-order valence-electron chi connectivity index (χ0n) is 22.7. The Morgan fingerprint density at radius 3 is 2.38 bits per heavy atom. The number of ether oxygens (including phenoxy) is 1. The molecule has 1 unspecified atom stereocenters. The van der Waals surface area contributed by atoms with Crippen LogP contribution in [0.1, 0.15) is 61.9 Å². The van der Waals surface area contributed by atoms with Gasteiger partial charge >= 0.3 is 6.18 Å². The van der Waals surface area contributed by atoms with Gasteiger partial charge in [-0.2, -0.15) is 13.2 Å². The predicted molar refractivity (Wildman–Crippen MR) is 142 cm³/mol. The molecule has 3 aromatic rings. The quantitative estimate of drug-likeness (QED) is 0.335. The van der Waals surface area contributed by atoms with E-state index in [-0.39, 0.29) is 23.1 Å². The maximum Gasteiger partial charge on any atom is 0.416 e. The van der Waals surface area contributed by atoms with Crippen molar-refractivity contribution < 1.29 is 22.3 Å². The van der Waals surface area contributed by atoms with E-state index in [0.29, 0.717) is 30.1 Å². The van der Waals surface area contributed by atoms with Gasteiger partial charge < -0.3 is 14.1 Å². The number of halogens is 3. The van der Waals surface area contributed by atoms with Crippen LogP contribution in [0.25, 0.3) is 5.65 Å². The Morgan fingerprint density at radius 2 is 1.76 bits per heavy atom. The molecule has 0 saturated carbocycles. The second-order valence-corrected chi connectivity index (χ2v) is 16.0. The number of nitrogens with zero attached hydrogens (tertiary/aromatic N) is 4. The molecule has 3 heterocycles. The first-order chi connectivity index (χ1) is 17.2.